The van der Waals surface area contributed by atoms with E-state index in [1.807, 2.05) is 12.3 Å². The van der Waals surface area contributed by atoms with Gasteiger partial charge in [-0.25, -0.2) is 0 Å². The highest BCUT2D eigenvalue weighted by Crippen LogP contribution is 2.10. The summed E-state index contributed by atoms with van der Waals surface area (Å²) >= 11 is 0. The van der Waals surface area contributed by atoms with Gasteiger partial charge in [0.15, 0.2) is 0 Å². The van der Waals surface area contributed by atoms with Crippen molar-refractivity contribution >= 4 is 5.70 Å². The first-order valence-electron chi connectivity index (χ1n) is 5.04. The largest absolute Gasteiger partial charge is 0.383 e. The second kappa shape index (κ2) is 4.80. The van der Waals surface area contributed by atoms with E-state index in [0.29, 0.717) is 6.04 Å². The van der Waals surface area contributed by atoms with Crippen molar-refractivity contribution in [2.75, 3.05) is 0 Å². The molecule has 1 rings (SSSR count). The first-order valence-corrected chi connectivity index (χ1v) is 5.04. The molecule has 0 amide bonds. The molecule has 1 aromatic heterocycles. The Morgan fingerprint density at radius 3 is 2.86 bits per heavy atom. The zero-order chi connectivity index (χ0) is 10.6. The predicted octanol–water partition coefficient (Wildman–Crippen LogP) is 2.61. The van der Waals surface area contributed by atoms with E-state index in [1.54, 1.807) is 0 Å². The van der Waals surface area contributed by atoms with Gasteiger partial charge in [0.05, 0.1) is 0 Å². The summed E-state index contributed by atoms with van der Waals surface area (Å²) in [5, 5.41) is 3.29. The number of pyridine rings is 1. The van der Waals surface area contributed by atoms with Crippen LogP contribution in [-0.2, 0) is 6.42 Å². The van der Waals surface area contributed by atoms with Crippen LogP contribution < -0.4 is 5.32 Å². The molecule has 14 heavy (non-hydrogen) atoms. The van der Waals surface area contributed by atoms with Crippen molar-refractivity contribution in [3.63, 3.8) is 0 Å². The van der Waals surface area contributed by atoms with Crippen LogP contribution in [0.1, 0.15) is 32.0 Å². The van der Waals surface area contributed by atoms with Crippen molar-refractivity contribution in [3.05, 3.63) is 36.2 Å². The van der Waals surface area contributed by atoms with E-state index in [-0.39, 0.29) is 0 Å². The van der Waals surface area contributed by atoms with Crippen LogP contribution >= 0.6 is 0 Å². The third-order valence-corrected chi connectivity index (χ3v) is 1.99. The molecule has 0 saturated heterocycles. The molecule has 1 N–H and O–H groups in total. The lowest BCUT2D eigenvalue weighted by Gasteiger charge is -2.13. The highest BCUT2D eigenvalue weighted by molar-refractivity contribution is 5.61. The molecule has 2 nitrogen and oxygen atoms in total. The molecular formula is C12H18N2. The van der Waals surface area contributed by atoms with E-state index in [2.05, 4.69) is 43.7 Å². The summed E-state index contributed by atoms with van der Waals surface area (Å²) in [4.78, 5) is 4.25. The lowest BCUT2D eigenvalue weighted by molar-refractivity contribution is 0.718. The molecule has 0 aromatic carbocycles. The minimum absolute atomic E-state index is 0.417. The van der Waals surface area contributed by atoms with Crippen molar-refractivity contribution in [1.82, 2.24) is 10.3 Å². The second-order valence-corrected chi connectivity index (χ2v) is 3.67. The van der Waals surface area contributed by atoms with E-state index < -0.39 is 0 Å². The van der Waals surface area contributed by atoms with Gasteiger partial charge in [0.25, 0.3) is 0 Å². The van der Waals surface area contributed by atoms with Crippen molar-refractivity contribution in [3.8, 4) is 0 Å². The summed E-state index contributed by atoms with van der Waals surface area (Å²) in [6.07, 6.45) is 2.80. The maximum absolute atomic E-state index is 4.25. The summed E-state index contributed by atoms with van der Waals surface area (Å²) in [5.74, 6) is 0. The van der Waals surface area contributed by atoms with Crippen molar-refractivity contribution < 1.29 is 0 Å². The molecule has 0 unspecified atom stereocenters. The fourth-order valence-electron chi connectivity index (χ4n) is 1.29. The third-order valence-electron chi connectivity index (χ3n) is 1.99. The Hall–Kier alpha value is -1.31. The van der Waals surface area contributed by atoms with Crippen LogP contribution in [0.15, 0.2) is 24.9 Å². The molecule has 76 valence electrons. The van der Waals surface area contributed by atoms with Gasteiger partial charge in [0.1, 0.15) is 0 Å². The Kier molecular flexibility index (Phi) is 3.69. The Morgan fingerprint density at radius 2 is 2.29 bits per heavy atom. The Morgan fingerprint density at radius 1 is 1.57 bits per heavy atom. The van der Waals surface area contributed by atoms with Gasteiger partial charge in [0.2, 0.25) is 0 Å². The summed E-state index contributed by atoms with van der Waals surface area (Å²) in [6, 6.07) is 4.48. The average molecular weight is 190 g/mol. The number of hydrogen-bond donors (Lipinski definition) is 1. The lowest BCUT2D eigenvalue weighted by Crippen LogP contribution is -2.20. The molecule has 0 aliphatic rings. The number of nitrogens with one attached hydrogen (secondary N) is 1. The number of nitrogens with zero attached hydrogens (tertiary/aromatic N) is 1. The normalized spacial score (nSPS) is 10.3. The third kappa shape index (κ3) is 2.87. The van der Waals surface area contributed by atoms with E-state index in [4.69, 9.17) is 0 Å². The SMILES string of the molecule is C=C(NC(C)C)c1ccnc(CC)c1. The molecule has 0 spiro atoms. The molecule has 1 aromatic rings. The predicted molar refractivity (Wildman–Crippen MR) is 60.9 cm³/mol. The van der Waals surface area contributed by atoms with E-state index in [9.17, 15) is 0 Å². The van der Waals surface area contributed by atoms with Gasteiger partial charge in [-0.15, -0.1) is 0 Å². The number of aryl methyl sites for hydroxylation is 1. The summed E-state index contributed by atoms with van der Waals surface area (Å²) in [5.41, 5.74) is 3.21. The molecule has 0 radical (unpaired) electrons. The molecule has 0 atom stereocenters. The molecule has 0 bridgehead atoms. The minimum Gasteiger partial charge on any atom is -0.383 e. The van der Waals surface area contributed by atoms with Crippen LogP contribution in [0.4, 0.5) is 0 Å². The van der Waals surface area contributed by atoms with Gasteiger partial charge in [-0.3, -0.25) is 4.98 Å². The second-order valence-electron chi connectivity index (χ2n) is 3.67. The molecule has 0 aliphatic heterocycles. The smallest absolute Gasteiger partial charge is 0.0407 e. The summed E-state index contributed by atoms with van der Waals surface area (Å²) < 4.78 is 0. The fraction of sp³-hybridized carbons (Fsp3) is 0.417. The molecule has 0 aliphatic carbocycles. The Bertz CT molecular complexity index is 316. The van der Waals surface area contributed by atoms with Crippen LogP contribution in [0.2, 0.25) is 0 Å². The lowest BCUT2D eigenvalue weighted by atomic mass is 10.1. The number of hydrogen-bond acceptors (Lipinski definition) is 2. The van der Waals surface area contributed by atoms with Crippen LogP contribution in [0, 0.1) is 0 Å². The molecule has 2 heteroatoms. The molecule has 0 saturated carbocycles. The zero-order valence-electron chi connectivity index (χ0n) is 9.17. The topological polar surface area (TPSA) is 24.9 Å². The van der Waals surface area contributed by atoms with Gasteiger partial charge in [0, 0.05) is 29.2 Å². The van der Waals surface area contributed by atoms with Crippen molar-refractivity contribution in [2.24, 2.45) is 0 Å². The molecule has 1 heterocycles. The average Bonchev–Trinajstić information content (AvgIpc) is 2.17. The fourth-order valence-corrected chi connectivity index (χ4v) is 1.29. The van der Waals surface area contributed by atoms with Gasteiger partial charge >= 0.3 is 0 Å². The van der Waals surface area contributed by atoms with Gasteiger partial charge in [-0.2, -0.15) is 0 Å². The quantitative estimate of drug-likeness (QED) is 0.789. The monoisotopic (exact) mass is 190 g/mol. The van der Waals surface area contributed by atoms with Crippen LogP contribution in [-0.4, -0.2) is 11.0 Å². The highest BCUT2D eigenvalue weighted by atomic mass is 14.9. The first kappa shape index (κ1) is 10.8. The van der Waals surface area contributed by atoms with Crippen LogP contribution in [0.3, 0.4) is 0 Å². The Balaban J connectivity index is 2.79. The van der Waals surface area contributed by atoms with E-state index >= 15 is 0 Å². The van der Waals surface area contributed by atoms with E-state index in [0.717, 1.165) is 23.4 Å². The van der Waals surface area contributed by atoms with Crippen LogP contribution in [0.5, 0.6) is 0 Å². The maximum Gasteiger partial charge on any atom is 0.0407 e. The number of aromatic nitrogens is 1. The van der Waals surface area contributed by atoms with Gasteiger partial charge in [-0.1, -0.05) is 13.5 Å². The summed E-state index contributed by atoms with van der Waals surface area (Å²) in [6.45, 7) is 10.3. The molecular weight excluding hydrogens is 172 g/mol. The van der Waals surface area contributed by atoms with Crippen LogP contribution in [0.25, 0.3) is 5.70 Å². The molecule has 0 fully saturated rings. The van der Waals surface area contributed by atoms with Gasteiger partial charge in [-0.05, 0) is 32.4 Å². The summed E-state index contributed by atoms with van der Waals surface area (Å²) in [7, 11) is 0. The van der Waals surface area contributed by atoms with Crippen molar-refractivity contribution in [2.45, 2.75) is 33.2 Å². The number of rotatable bonds is 4. The minimum atomic E-state index is 0.417. The Labute approximate surface area is 86.1 Å². The maximum atomic E-state index is 4.25. The standard InChI is InChI=1S/C12H18N2/c1-5-12-8-11(6-7-13-12)10(4)14-9(2)3/h6-9,14H,4-5H2,1-3H3. The first-order chi connectivity index (χ1) is 6.63. The highest BCUT2D eigenvalue weighted by Gasteiger charge is 2.01. The van der Waals surface area contributed by atoms with Gasteiger partial charge < -0.3 is 5.32 Å². The van der Waals surface area contributed by atoms with Crippen molar-refractivity contribution in [1.29, 1.82) is 0 Å². The van der Waals surface area contributed by atoms with E-state index in [1.165, 1.54) is 0 Å². The zero-order valence-corrected chi connectivity index (χ0v) is 9.17.